The fraction of sp³-hybridized carbons (Fsp3) is 0.955. The number of hydrogen-bond acceptors (Lipinski definition) is 3. The van der Waals surface area contributed by atoms with Crippen LogP contribution in [-0.2, 0) is 9.53 Å². The minimum atomic E-state index is -0.648. The van der Waals surface area contributed by atoms with Gasteiger partial charge in [-0.1, -0.05) is 20.8 Å². The van der Waals surface area contributed by atoms with E-state index in [2.05, 4.69) is 20.8 Å². The van der Waals surface area contributed by atoms with Gasteiger partial charge in [0.25, 0.3) is 0 Å². The van der Waals surface area contributed by atoms with E-state index in [0.717, 1.165) is 43.9 Å². The number of carbonyl (C=O) groups excluding carboxylic acids is 1. The van der Waals surface area contributed by atoms with Crippen molar-refractivity contribution >= 4 is 5.78 Å². The van der Waals surface area contributed by atoms with E-state index in [4.69, 9.17) is 4.74 Å². The molecule has 3 heteroatoms. The predicted octanol–water partition coefficient (Wildman–Crippen LogP) is 4.22. The van der Waals surface area contributed by atoms with Crippen molar-refractivity contribution in [2.24, 2.45) is 40.4 Å². The first-order valence-corrected chi connectivity index (χ1v) is 10.5. The lowest BCUT2D eigenvalue weighted by molar-refractivity contribution is -0.172. The third kappa shape index (κ3) is 2.34. The van der Waals surface area contributed by atoms with Gasteiger partial charge in [0, 0.05) is 24.9 Å². The van der Waals surface area contributed by atoms with Gasteiger partial charge >= 0.3 is 0 Å². The second kappa shape index (κ2) is 5.79. The van der Waals surface area contributed by atoms with E-state index in [0.29, 0.717) is 29.6 Å². The summed E-state index contributed by atoms with van der Waals surface area (Å²) in [6.07, 6.45) is 8.75. The van der Waals surface area contributed by atoms with Gasteiger partial charge in [-0.05, 0) is 74.0 Å². The first-order valence-electron chi connectivity index (χ1n) is 10.5. The Kier molecular flexibility index (Phi) is 4.16. The van der Waals surface area contributed by atoms with Crippen LogP contribution in [-0.4, -0.2) is 30.2 Å². The van der Waals surface area contributed by atoms with Crippen LogP contribution in [0, 0.1) is 40.4 Å². The van der Waals surface area contributed by atoms with Crippen molar-refractivity contribution in [2.45, 2.75) is 77.7 Å². The van der Waals surface area contributed by atoms with Crippen LogP contribution in [0.15, 0.2) is 0 Å². The molecule has 0 aliphatic heterocycles. The van der Waals surface area contributed by atoms with Gasteiger partial charge < -0.3 is 9.84 Å². The van der Waals surface area contributed by atoms with E-state index >= 15 is 0 Å². The molecular weight excluding hydrogens is 312 g/mol. The minimum absolute atomic E-state index is 0.00345. The zero-order valence-electron chi connectivity index (χ0n) is 16.5. The Morgan fingerprint density at radius 1 is 1.12 bits per heavy atom. The van der Waals surface area contributed by atoms with Crippen LogP contribution in [0.25, 0.3) is 0 Å². The molecule has 0 heterocycles. The molecule has 4 saturated carbocycles. The molecule has 142 valence electrons. The van der Waals surface area contributed by atoms with Gasteiger partial charge in [-0.3, -0.25) is 4.79 Å². The monoisotopic (exact) mass is 348 g/mol. The number of Topliss-reactive ketones (excluding diaryl/α,β-unsaturated/α-hetero) is 1. The molecule has 0 saturated heterocycles. The Balaban J connectivity index is 1.63. The van der Waals surface area contributed by atoms with Crippen LogP contribution >= 0.6 is 0 Å². The predicted molar refractivity (Wildman–Crippen MR) is 98.1 cm³/mol. The molecule has 0 bridgehead atoms. The Bertz CT molecular complexity index is 559. The zero-order chi connectivity index (χ0) is 18.0. The molecule has 4 aliphatic carbocycles. The highest BCUT2D eigenvalue weighted by molar-refractivity contribution is 5.82. The molecule has 0 aromatic carbocycles. The van der Waals surface area contributed by atoms with Crippen LogP contribution in [0.2, 0.25) is 0 Å². The van der Waals surface area contributed by atoms with E-state index in [-0.39, 0.29) is 11.3 Å². The Labute approximate surface area is 152 Å². The van der Waals surface area contributed by atoms with Crippen LogP contribution in [0.1, 0.15) is 72.1 Å². The average Bonchev–Trinajstić information content (AvgIpc) is 2.81. The molecule has 4 aliphatic rings. The fourth-order valence-electron chi connectivity index (χ4n) is 7.99. The maximum atomic E-state index is 12.3. The van der Waals surface area contributed by atoms with Crippen molar-refractivity contribution in [3.8, 4) is 0 Å². The van der Waals surface area contributed by atoms with E-state index in [9.17, 15) is 9.90 Å². The van der Waals surface area contributed by atoms with E-state index in [1.807, 2.05) is 0 Å². The van der Waals surface area contributed by atoms with Gasteiger partial charge in [-0.25, -0.2) is 0 Å². The molecule has 0 aromatic heterocycles. The van der Waals surface area contributed by atoms with E-state index in [1.54, 1.807) is 7.11 Å². The van der Waals surface area contributed by atoms with Crippen molar-refractivity contribution in [2.75, 3.05) is 13.7 Å². The molecule has 0 unspecified atom stereocenters. The molecule has 8 atom stereocenters. The number of aliphatic hydroxyl groups is 1. The summed E-state index contributed by atoms with van der Waals surface area (Å²) >= 11 is 0. The van der Waals surface area contributed by atoms with Gasteiger partial charge in [-0.2, -0.15) is 0 Å². The van der Waals surface area contributed by atoms with Gasteiger partial charge in [0.05, 0.1) is 12.2 Å². The third-order valence-corrected chi connectivity index (χ3v) is 9.51. The number of ether oxygens (including phenoxy) is 1. The summed E-state index contributed by atoms with van der Waals surface area (Å²) in [5.41, 5.74) is -0.312. The van der Waals surface area contributed by atoms with Crippen molar-refractivity contribution in [3.05, 3.63) is 0 Å². The molecule has 4 rings (SSSR count). The highest BCUT2D eigenvalue weighted by Gasteiger charge is 2.64. The van der Waals surface area contributed by atoms with Crippen molar-refractivity contribution < 1.29 is 14.6 Å². The normalized spacial score (nSPS) is 55.4. The number of carbonyl (C=O) groups is 1. The smallest absolute Gasteiger partial charge is 0.136 e. The number of fused-ring (bicyclic) bond motifs is 5. The average molecular weight is 349 g/mol. The molecule has 0 amide bonds. The van der Waals surface area contributed by atoms with Gasteiger partial charge in [0.2, 0.25) is 0 Å². The van der Waals surface area contributed by atoms with Gasteiger partial charge in [-0.15, -0.1) is 0 Å². The summed E-state index contributed by atoms with van der Waals surface area (Å²) in [5.74, 6) is 3.42. The van der Waals surface area contributed by atoms with Crippen LogP contribution in [0.5, 0.6) is 0 Å². The second-order valence-corrected chi connectivity index (χ2v) is 10.4. The van der Waals surface area contributed by atoms with Crippen LogP contribution < -0.4 is 0 Å². The summed E-state index contributed by atoms with van der Waals surface area (Å²) in [6.45, 7) is 7.45. The molecule has 3 nitrogen and oxygen atoms in total. The van der Waals surface area contributed by atoms with Crippen molar-refractivity contribution in [3.63, 3.8) is 0 Å². The SMILES string of the molecule is COC[C@]1(O)CC[C@@H]2[C@@H]3CC[C@H]4CC(=O)[C@H](C)C[C@]4(C)[C@@H]3CC[C@@]21C. The topological polar surface area (TPSA) is 46.5 Å². The summed E-state index contributed by atoms with van der Waals surface area (Å²) in [5, 5.41) is 11.3. The van der Waals surface area contributed by atoms with Gasteiger partial charge in [0.15, 0.2) is 0 Å². The molecule has 1 N–H and O–H groups in total. The molecular formula is C22H36O3. The Hall–Kier alpha value is -0.410. The van der Waals surface area contributed by atoms with Crippen LogP contribution in [0.4, 0.5) is 0 Å². The standard InChI is InChI=1S/C22H36O3/c1-14-12-20(2)15(11-19(14)23)5-6-16-17(20)7-9-21(3)18(16)8-10-22(21,24)13-25-4/h14-18,24H,5-13H2,1-4H3/t14-,15+,16-,17-,18-,20+,21+,22-/m1/s1. The summed E-state index contributed by atoms with van der Waals surface area (Å²) in [4.78, 5) is 12.3. The molecule has 0 aromatic rings. The van der Waals surface area contributed by atoms with E-state index < -0.39 is 5.60 Å². The third-order valence-electron chi connectivity index (χ3n) is 9.51. The lowest BCUT2D eigenvalue weighted by Crippen LogP contribution is -2.58. The first-order chi connectivity index (χ1) is 11.7. The molecule has 4 fully saturated rings. The highest BCUT2D eigenvalue weighted by Crippen LogP contribution is 2.68. The Morgan fingerprint density at radius 3 is 2.56 bits per heavy atom. The zero-order valence-corrected chi connectivity index (χ0v) is 16.5. The summed E-state index contributed by atoms with van der Waals surface area (Å²) in [7, 11) is 1.72. The molecule has 0 spiro atoms. The number of methoxy groups -OCH3 is 1. The maximum Gasteiger partial charge on any atom is 0.136 e. The quantitative estimate of drug-likeness (QED) is 0.812. The molecule has 0 radical (unpaired) electrons. The van der Waals surface area contributed by atoms with Crippen molar-refractivity contribution in [1.82, 2.24) is 0 Å². The lowest BCUT2D eigenvalue weighted by Gasteiger charge is -2.61. The lowest BCUT2D eigenvalue weighted by atomic mass is 9.44. The maximum absolute atomic E-state index is 12.3. The second-order valence-electron chi connectivity index (χ2n) is 10.4. The number of ketones is 1. The highest BCUT2D eigenvalue weighted by atomic mass is 16.5. The van der Waals surface area contributed by atoms with Crippen molar-refractivity contribution in [1.29, 1.82) is 0 Å². The largest absolute Gasteiger partial charge is 0.387 e. The molecule has 25 heavy (non-hydrogen) atoms. The Morgan fingerprint density at radius 2 is 1.84 bits per heavy atom. The van der Waals surface area contributed by atoms with E-state index in [1.165, 1.54) is 19.3 Å². The van der Waals surface area contributed by atoms with Gasteiger partial charge in [0.1, 0.15) is 5.78 Å². The number of hydrogen-bond donors (Lipinski definition) is 1. The summed E-state index contributed by atoms with van der Waals surface area (Å²) in [6, 6.07) is 0. The fourth-order valence-corrected chi connectivity index (χ4v) is 7.99. The summed E-state index contributed by atoms with van der Waals surface area (Å²) < 4.78 is 5.42. The number of rotatable bonds is 2. The first kappa shape index (κ1) is 18.0. The van der Waals surface area contributed by atoms with Crippen LogP contribution in [0.3, 0.4) is 0 Å². The minimum Gasteiger partial charge on any atom is -0.387 e.